The summed E-state index contributed by atoms with van der Waals surface area (Å²) >= 11 is 3.85. The van der Waals surface area contributed by atoms with Gasteiger partial charge in [-0.25, -0.2) is 0 Å². The number of carbonyl (C=O) groups excluding carboxylic acids is 1. The maximum Gasteiger partial charge on any atom is 0.146 e. The summed E-state index contributed by atoms with van der Waals surface area (Å²) in [4.78, 5) is 12.0. The Balaban J connectivity index is 2.26. The van der Waals surface area contributed by atoms with E-state index in [2.05, 4.69) is 27.7 Å². The molecule has 1 nitrogen and oxygen atoms in total. The quantitative estimate of drug-likeness (QED) is 0.743. The molecule has 0 radical (unpaired) electrons. The Morgan fingerprint density at radius 3 is 2.56 bits per heavy atom. The van der Waals surface area contributed by atoms with E-state index < -0.39 is 0 Å². The third-order valence-electron chi connectivity index (χ3n) is 3.11. The van der Waals surface area contributed by atoms with Crippen molar-refractivity contribution in [1.29, 1.82) is 0 Å². The number of hydrogen-bond acceptors (Lipinski definition) is 3. The van der Waals surface area contributed by atoms with E-state index in [1.165, 1.54) is 6.42 Å². The molecule has 1 rings (SSSR count). The molecule has 1 heterocycles. The normalized spacial score (nSPS) is 30.7. The number of Topliss-reactive ketones (excluding diaryl/α,β-unsaturated/α-hetero) is 1. The molecule has 16 heavy (non-hydrogen) atoms. The molecule has 0 N–H and O–H groups in total. The molecule has 3 heteroatoms. The van der Waals surface area contributed by atoms with Crippen LogP contribution in [0.25, 0.3) is 0 Å². The Morgan fingerprint density at radius 2 is 2.00 bits per heavy atom. The first-order chi connectivity index (χ1) is 7.50. The van der Waals surface area contributed by atoms with E-state index >= 15 is 0 Å². The maximum absolute atomic E-state index is 12.0. The molecular formula is C13H24OS2. The van der Waals surface area contributed by atoms with Crippen LogP contribution in [0.3, 0.4) is 0 Å². The highest BCUT2D eigenvalue weighted by atomic mass is 32.2. The topological polar surface area (TPSA) is 17.1 Å². The average molecular weight is 260 g/mol. The second kappa shape index (κ2) is 6.95. The Labute approximate surface area is 109 Å². The molecule has 3 unspecified atom stereocenters. The lowest BCUT2D eigenvalue weighted by Crippen LogP contribution is -2.31. The highest BCUT2D eigenvalue weighted by Gasteiger charge is 2.29. The lowest BCUT2D eigenvalue weighted by molar-refractivity contribution is -0.118. The zero-order valence-corrected chi connectivity index (χ0v) is 12.5. The lowest BCUT2D eigenvalue weighted by atomic mass is 10.0. The zero-order valence-electron chi connectivity index (χ0n) is 10.9. The summed E-state index contributed by atoms with van der Waals surface area (Å²) in [5.41, 5.74) is 0. The van der Waals surface area contributed by atoms with Gasteiger partial charge in [0, 0.05) is 22.7 Å². The Kier molecular flexibility index (Phi) is 6.27. The van der Waals surface area contributed by atoms with E-state index in [0.29, 0.717) is 16.3 Å². The number of rotatable bonds is 5. The molecule has 0 aromatic heterocycles. The van der Waals surface area contributed by atoms with Gasteiger partial charge in [0.1, 0.15) is 5.78 Å². The molecule has 3 atom stereocenters. The molecule has 0 aliphatic carbocycles. The van der Waals surface area contributed by atoms with Crippen molar-refractivity contribution in [3.05, 3.63) is 0 Å². The van der Waals surface area contributed by atoms with Gasteiger partial charge in [-0.2, -0.15) is 11.8 Å². The van der Waals surface area contributed by atoms with Crippen molar-refractivity contribution < 1.29 is 4.79 Å². The van der Waals surface area contributed by atoms with Gasteiger partial charge in [-0.3, -0.25) is 4.79 Å². The van der Waals surface area contributed by atoms with Gasteiger partial charge in [0.05, 0.1) is 5.25 Å². The molecule has 0 aromatic carbocycles. The third kappa shape index (κ3) is 4.70. The van der Waals surface area contributed by atoms with E-state index in [4.69, 9.17) is 0 Å². The second-order valence-electron chi connectivity index (χ2n) is 5.12. The van der Waals surface area contributed by atoms with Crippen molar-refractivity contribution >= 4 is 29.3 Å². The van der Waals surface area contributed by atoms with Crippen LogP contribution in [0.5, 0.6) is 0 Å². The van der Waals surface area contributed by atoms with Crippen LogP contribution < -0.4 is 0 Å². The van der Waals surface area contributed by atoms with Crippen molar-refractivity contribution in [1.82, 2.24) is 0 Å². The van der Waals surface area contributed by atoms with Crippen molar-refractivity contribution in [2.24, 2.45) is 5.92 Å². The van der Waals surface area contributed by atoms with Crippen molar-refractivity contribution in [3.8, 4) is 0 Å². The van der Waals surface area contributed by atoms with Crippen LogP contribution in [-0.4, -0.2) is 27.3 Å². The number of carbonyl (C=O) groups is 1. The van der Waals surface area contributed by atoms with Crippen LogP contribution >= 0.6 is 23.5 Å². The molecule has 1 aliphatic rings. The minimum Gasteiger partial charge on any atom is -0.298 e. The third-order valence-corrected chi connectivity index (χ3v) is 6.55. The highest BCUT2D eigenvalue weighted by Crippen LogP contribution is 2.36. The van der Waals surface area contributed by atoms with Crippen LogP contribution in [0.2, 0.25) is 0 Å². The lowest BCUT2D eigenvalue weighted by Gasteiger charge is -2.30. The summed E-state index contributed by atoms with van der Waals surface area (Å²) < 4.78 is 0. The fraction of sp³-hybridized carbons (Fsp3) is 0.923. The van der Waals surface area contributed by atoms with Gasteiger partial charge in [0.25, 0.3) is 0 Å². The van der Waals surface area contributed by atoms with Gasteiger partial charge in [0.15, 0.2) is 0 Å². The Bertz CT molecular complexity index is 228. The second-order valence-corrected chi connectivity index (χ2v) is 8.12. The van der Waals surface area contributed by atoms with Crippen molar-refractivity contribution in [2.75, 3.05) is 5.75 Å². The minimum absolute atomic E-state index is 0.267. The summed E-state index contributed by atoms with van der Waals surface area (Å²) in [5.74, 6) is 2.23. The van der Waals surface area contributed by atoms with Crippen LogP contribution in [-0.2, 0) is 4.79 Å². The summed E-state index contributed by atoms with van der Waals surface area (Å²) in [5, 5.41) is 1.59. The fourth-order valence-electron chi connectivity index (χ4n) is 1.80. The first-order valence-corrected chi connectivity index (χ1v) is 8.29. The number of thioether (sulfide) groups is 2. The minimum atomic E-state index is 0.267. The molecule has 1 fully saturated rings. The van der Waals surface area contributed by atoms with Gasteiger partial charge >= 0.3 is 0 Å². The van der Waals surface area contributed by atoms with E-state index in [1.807, 2.05) is 23.5 Å². The van der Waals surface area contributed by atoms with Gasteiger partial charge in [-0.05, 0) is 12.3 Å². The molecule has 0 bridgehead atoms. The molecule has 1 aliphatic heterocycles. The van der Waals surface area contributed by atoms with Crippen LogP contribution in [0.4, 0.5) is 0 Å². The molecule has 0 amide bonds. The SMILES string of the molecule is CC(C)CCCC(=O)C1CSC(C)C(C)S1. The Hall–Kier alpha value is 0.370. The van der Waals surface area contributed by atoms with Crippen LogP contribution in [0.15, 0.2) is 0 Å². The van der Waals surface area contributed by atoms with Crippen LogP contribution in [0, 0.1) is 5.92 Å². The van der Waals surface area contributed by atoms with E-state index in [-0.39, 0.29) is 5.25 Å². The first kappa shape index (κ1) is 14.4. The van der Waals surface area contributed by atoms with Gasteiger partial charge in [-0.1, -0.05) is 34.1 Å². The van der Waals surface area contributed by atoms with Gasteiger partial charge in [0.2, 0.25) is 0 Å². The van der Waals surface area contributed by atoms with Crippen LogP contribution in [0.1, 0.15) is 47.0 Å². The summed E-state index contributed by atoms with van der Waals surface area (Å²) in [6.07, 6.45) is 3.04. The van der Waals surface area contributed by atoms with Crippen molar-refractivity contribution in [3.63, 3.8) is 0 Å². The molecule has 94 valence electrons. The van der Waals surface area contributed by atoms with Crippen molar-refractivity contribution in [2.45, 2.75) is 62.7 Å². The molecule has 1 saturated heterocycles. The maximum atomic E-state index is 12.0. The Morgan fingerprint density at radius 1 is 1.31 bits per heavy atom. The van der Waals surface area contributed by atoms with E-state index in [9.17, 15) is 4.79 Å². The number of hydrogen-bond donors (Lipinski definition) is 0. The zero-order chi connectivity index (χ0) is 12.1. The smallest absolute Gasteiger partial charge is 0.146 e. The first-order valence-electron chi connectivity index (χ1n) is 6.30. The molecule has 0 spiro atoms. The van der Waals surface area contributed by atoms with E-state index in [1.54, 1.807) is 0 Å². The summed E-state index contributed by atoms with van der Waals surface area (Å²) in [7, 11) is 0. The van der Waals surface area contributed by atoms with Gasteiger partial charge in [-0.15, -0.1) is 11.8 Å². The standard InChI is InChI=1S/C13H24OS2/c1-9(2)6-5-7-12(14)13-8-15-10(3)11(4)16-13/h9-11,13H,5-8H2,1-4H3. The van der Waals surface area contributed by atoms with Gasteiger partial charge < -0.3 is 0 Å². The fourth-order valence-corrected chi connectivity index (χ4v) is 4.72. The van der Waals surface area contributed by atoms with E-state index in [0.717, 1.165) is 24.5 Å². The average Bonchev–Trinajstić information content (AvgIpc) is 2.21. The monoisotopic (exact) mass is 260 g/mol. The summed E-state index contributed by atoms with van der Waals surface area (Å²) in [6, 6.07) is 0. The molecule has 0 saturated carbocycles. The summed E-state index contributed by atoms with van der Waals surface area (Å²) in [6.45, 7) is 8.95. The molecule has 0 aromatic rings. The number of ketones is 1. The predicted molar refractivity (Wildman–Crippen MR) is 76.5 cm³/mol. The largest absolute Gasteiger partial charge is 0.298 e. The molecular weight excluding hydrogens is 236 g/mol. The predicted octanol–water partition coefficient (Wildman–Crippen LogP) is 4.01. The highest BCUT2D eigenvalue weighted by molar-refractivity contribution is 8.08.